The third kappa shape index (κ3) is 4.14. The molecule has 26 heavy (non-hydrogen) atoms. The van der Waals surface area contributed by atoms with Crippen molar-refractivity contribution < 1.29 is 19.7 Å². The average Bonchev–Trinajstić information content (AvgIpc) is 2.59. The molecule has 0 aromatic heterocycles. The number of rotatable bonds is 7. The molecule has 2 aromatic rings. The molecule has 0 saturated carbocycles. The van der Waals surface area contributed by atoms with Crippen LogP contribution in [0.4, 0.5) is 0 Å². The average molecular weight is 352 g/mol. The van der Waals surface area contributed by atoms with Crippen LogP contribution in [0.25, 0.3) is 11.6 Å². The fourth-order valence-corrected chi connectivity index (χ4v) is 2.72. The first-order valence-corrected chi connectivity index (χ1v) is 8.38. The SMILES string of the molecule is C=Cc1ccc(COc2cc(C(=O)O)c(O)c(C(C)C)c2)c(C(=C)C)c1. The molecule has 0 aliphatic rings. The molecule has 136 valence electrons. The van der Waals surface area contributed by atoms with Gasteiger partial charge in [-0.25, -0.2) is 4.79 Å². The Balaban J connectivity index is 2.37. The summed E-state index contributed by atoms with van der Waals surface area (Å²) < 4.78 is 5.85. The number of phenols is 1. The summed E-state index contributed by atoms with van der Waals surface area (Å²) in [6, 6.07) is 8.92. The van der Waals surface area contributed by atoms with Gasteiger partial charge in [-0.3, -0.25) is 0 Å². The first-order valence-electron chi connectivity index (χ1n) is 8.38. The van der Waals surface area contributed by atoms with Gasteiger partial charge in [0.05, 0.1) is 0 Å². The number of aromatic hydroxyl groups is 1. The number of benzene rings is 2. The number of carbonyl (C=O) groups is 1. The molecule has 2 aromatic carbocycles. The van der Waals surface area contributed by atoms with Gasteiger partial charge in [0, 0.05) is 5.56 Å². The summed E-state index contributed by atoms with van der Waals surface area (Å²) in [5.74, 6) is -1.02. The molecule has 0 atom stereocenters. The van der Waals surface area contributed by atoms with Gasteiger partial charge < -0.3 is 14.9 Å². The van der Waals surface area contributed by atoms with Gasteiger partial charge >= 0.3 is 5.97 Å². The van der Waals surface area contributed by atoms with Crippen LogP contribution in [0.5, 0.6) is 11.5 Å². The van der Waals surface area contributed by atoms with Crippen LogP contribution in [0.15, 0.2) is 43.5 Å². The summed E-state index contributed by atoms with van der Waals surface area (Å²) in [6.45, 7) is 13.7. The molecule has 0 aliphatic heterocycles. The molecule has 0 aliphatic carbocycles. The van der Waals surface area contributed by atoms with Crippen molar-refractivity contribution in [3.05, 3.63) is 71.3 Å². The van der Waals surface area contributed by atoms with E-state index >= 15 is 0 Å². The van der Waals surface area contributed by atoms with Gasteiger partial charge in [-0.05, 0) is 47.7 Å². The Kier molecular flexibility index (Phi) is 5.88. The normalized spacial score (nSPS) is 10.6. The van der Waals surface area contributed by atoms with Crippen LogP contribution in [-0.2, 0) is 6.61 Å². The number of ether oxygens (including phenoxy) is 1. The number of carboxylic acids is 1. The third-order valence-electron chi connectivity index (χ3n) is 4.19. The Hall–Kier alpha value is -3.01. The smallest absolute Gasteiger partial charge is 0.339 e. The largest absolute Gasteiger partial charge is 0.507 e. The van der Waals surface area contributed by atoms with E-state index in [1.54, 1.807) is 12.1 Å². The Morgan fingerprint density at radius 2 is 1.92 bits per heavy atom. The number of allylic oxidation sites excluding steroid dienone is 1. The molecule has 2 rings (SSSR count). The lowest BCUT2D eigenvalue weighted by Crippen LogP contribution is -2.04. The standard InChI is InChI=1S/C22H24O4/c1-6-15-7-8-16(18(9-15)13(2)3)12-26-17-10-19(14(4)5)21(23)20(11-17)22(24)25/h6-11,14,23H,1-2,12H2,3-5H3,(H,24,25). The summed E-state index contributed by atoms with van der Waals surface area (Å²) in [4.78, 5) is 11.4. The summed E-state index contributed by atoms with van der Waals surface area (Å²) in [5, 5.41) is 19.5. The van der Waals surface area contributed by atoms with Crippen LogP contribution in [0.2, 0.25) is 0 Å². The van der Waals surface area contributed by atoms with Crippen LogP contribution in [0.3, 0.4) is 0 Å². The van der Waals surface area contributed by atoms with E-state index < -0.39 is 5.97 Å². The van der Waals surface area contributed by atoms with Crippen molar-refractivity contribution in [1.82, 2.24) is 0 Å². The molecule has 0 radical (unpaired) electrons. The molecule has 4 nitrogen and oxygen atoms in total. The fourth-order valence-electron chi connectivity index (χ4n) is 2.72. The van der Waals surface area contributed by atoms with Crippen molar-refractivity contribution in [3.63, 3.8) is 0 Å². The van der Waals surface area contributed by atoms with E-state index in [-0.39, 0.29) is 23.8 Å². The Labute approximate surface area is 154 Å². The fraction of sp³-hybridized carbons (Fsp3) is 0.227. The van der Waals surface area contributed by atoms with Crippen LogP contribution in [0, 0.1) is 0 Å². The van der Waals surface area contributed by atoms with Gasteiger partial charge in [0.25, 0.3) is 0 Å². The highest BCUT2D eigenvalue weighted by Crippen LogP contribution is 2.34. The van der Waals surface area contributed by atoms with E-state index in [9.17, 15) is 15.0 Å². The highest BCUT2D eigenvalue weighted by molar-refractivity contribution is 5.92. The highest BCUT2D eigenvalue weighted by atomic mass is 16.5. The molecule has 0 fully saturated rings. The van der Waals surface area contributed by atoms with Gasteiger partial charge in [-0.2, -0.15) is 0 Å². The van der Waals surface area contributed by atoms with Crippen molar-refractivity contribution in [1.29, 1.82) is 0 Å². The summed E-state index contributed by atoms with van der Waals surface area (Å²) >= 11 is 0. The van der Waals surface area contributed by atoms with Crippen molar-refractivity contribution in [2.45, 2.75) is 33.3 Å². The molecule has 4 heteroatoms. The predicted molar refractivity (Wildman–Crippen MR) is 105 cm³/mol. The second-order valence-electron chi connectivity index (χ2n) is 6.56. The van der Waals surface area contributed by atoms with E-state index in [4.69, 9.17) is 4.74 Å². The quantitative estimate of drug-likeness (QED) is 0.693. The maximum absolute atomic E-state index is 11.4. The molecule has 2 N–H and O–H groups in total. The first-order chi connectivity index (χ1) is 12.2. The Bertz CT molecular complexity index is 863. The summed E-state index contributed by atoms with van der Waals surface area (Å²) in [5.41, 5.74) is 4.21. The number of hydrogen-bond acceptors (Lipinski definition) is 3. The monoisotopic (exact) mass is 352 g/mol. The minimum atomic E-state index is -1.19. The van der Waals surface area contributed by atoms with Gasteiger partial charge in [0.2, 0.25) is 0 Å². The summed E-state index contributed by atoms with van der Waals surface area (Å²) in [6.07, 6.45) is 1.77. The van der Waals surface area contributed by atoms with Gasteiger partial charge in [-0.15, -0.1) is 0 Å². The zero-order valence-corrected chi connectivity index (χ0v) is 15.4. The maximum Gasteiger partial charge on any atom is 0.339 e. The van der Waals surface area contributed by atoms with E-state index in [0.717, 1.165) is 22.3 Å². The second-order valence-corrected chi connectivity index (χ2v) is 6.56. The van der Waals surface area contributed by atoms with E-state index in [0.29, 0.717) is 11.3 Å². The number of hydrogen-bond donors (Lipinski definition) is 2. The first kappa shape index (κ1) is 19.3. The van der Waals surface area contributed by atoms with Crippen molar-refractivity contribution in [2.24, 2.45) is 0 Å². The topological polar surface area (TPSA) is 66.8 Å². The predicted octanol–water partition coefficient (Wildman–Crippen LogP) is 5.47. The zero-order valence-electron chi connectivity index (χ0n) is 15.4. The lowest BCUT2D eigenvalue weighted by Gasteiger charge is -2.16. The lowest BCUT2D eigenvalue weighted by molar-refractivity contribution is 0.0693. The Morgan fingerprint density at radius 3 is 2.46 bits per heavy atom. The van der Waals surface area contributed by atoms with E-state index in [1.807, 2.05) is 39.0 Å². The van der Waals surface area contributed by atoms with Gasteiger partial charge in [-0.1, -0.05) is 50.8 Å². The summed E-state index contributed by atoms with van der Waals surface area (Å²) in [7, 11) is 0. The Morgan fingerprint density at radius 1 is 1.23 bits per heavy atom. The third-order valence-corrected chi connectivity index (χ3v) is 4.19. The lowest BCUT2D eigenvalue weighted by atomic mass is 9.98. The second kappa shape index (κ2) is 7.91. The maximum atomic E-state index is 11.4. The highest BCUT2D eigenvalue weighted by Gasteiger charge is 2.18. The molecule has 0 spiro atoms. The van der Waals surface area contributed by atoms with Crippen LogP contribution in [0.1, 0.15) is 59.3 Å². The molecule has 0 bridgehead atoms. The van der Waals surface area contributed by atoms with Crippen molar-refractivity contribution in [2.75, 3.05) is 0 Å². The van der Waals surface area contributed by atoms with Crippen LogP contribution < -0.4 is 4.74 Å². The van der Waals surface area contributed by atoms with Crippen molar-refractivity contribution in [3.8, 4) is 11.5 Å². The molecule has 0 saturated heterocycles. The molecule has 0 amide bonds. The minimum Gasteiger partial charge on any atom is -0.507 e. The molecule has 0 unspecified atom stereocenters. The number of aromatic carboxylic acids is 1. The molecular weight excluding hydrogens is 328 g/mol. The minimum absolute atomic E-state index is 0.0329. The zero-order chi connectivity index (χ0) is 19.4. The van der Waals surface area contributed by atoms with Crippen LogP contribution >= 0.6 is 0 Å². The van der Waals surface area contributed by atoms with E-state index in [1.165, 1.54) is 6.07 Å². The molecule has 0 heterocycles. The van der Waals surface area contributed by atoms with Crippen molar-refractivity contribution >= 4 is 17.6 Å². The van der Waals surface area contributed by atoms with Crippen LogP contribution in [-0.4, -0.2) is 16.2 Å². The molecular formula is C22H24O4. The van der Waals surface area contributed by atoms with E-state index in [2.05, 4.69) is 13.2 Å². The van der Waals surface area contributed by atoms with Gasteiger partial charge in [0.15, 0.2) is 0 Å². The van der Waals surface area contributed by atoms with Gasteiger partial charge in [0.1, 0.15) is 23.7 Å². The number of carboxylic acid groups (broad SMARTS) is 1.